The average Bonchev–Trinajstić information content (AvgIpc) is 3.14. The molecule has 0 saturated heterocycles. The van der Waals surface area contributed by atoms with E-state index >= 15 is 0 Å². The lowest BCUT2D eigenvalue weighted by Crippen LogP contribution is -2.40. The zero-order valence-electron chi connectivity index (χ0n) is 34.1. The van der Waals surface area contributed by atoms with E-state index in [0.717, 1.165) is 83.5 Å². The number of carboxylic acid groups (broad SMARTS) is 1. The molecule has 0 spiro atoms. The van der Waals surface area contributed by atoms with Crippen LogP contribution in [-0.4, -0.2) is 41.6 Å². The number of aliphatic carboxylic acids is 1. The summed E-state index contributed by atoms with van der Waals surface area (Å²) in [6.45, 7) is 4.80. The van der Waals surface area contributed by atoms with Gasteiger partial charge in [0.25, 0.3) is 0 Å². The molecule has 0 aliphatic carbocycles. The number of nitrogens with two attached hydrogens (primary N) is 1. The molecule has 0 aromatic heterocycles. The molecule has 0 fully saturated rings. The Morgan fingerprint density at radius 2 is 1.09 bits per heavy atom. The van der Waals surface area contributed by atoms with Crippen LogP contribution in [0.3, 0.4) is 0 Å². The van der Waals surface area contributed by atoms with Crippen molar-refractivity contribution in [3.8, 4) is 0 Å². The normalized spacial score (nSPS) is 13.3. The topological polar surface area (TPSA) is 119 Å². The third-order valence-electron chi connectivity index (χ3n) is 9.30. The van der Waals surface area contributed by atoms with Crippen LogP contribution < -0.4 is 11.1 Å². The van der Waals surface area contributed by atoms with Crippen LogP contribution in [-0.2, 0) is 19.1 Å². The summed E-state index contributed by atoms with van der Waals surface area (Å²) in [7, 11) is 0. The van der Waals surface area contributed by atoms with E-state index in [4.69, 9.17) is 10.5 Å². The summed E-state index contributed by atoms with van der Waals surface area (Å²) in [5, 5.41) is 11.9. The fourth-order valence-electron chi connectivity index (χ4n) is 6.06. The monoisotopic (exact) mass is 741 g/mol. The molecule has 2 atom stereocenters. The molecule has 2 unspecified atom stereocenters. The first-order chi connectivity index (χ1) is 25.9. The molecule has 0 aromatic carbocycles. The zero-order valence-corrected chi connectivity index (χ0v) is 34.1. The summed E-state index contributed by atoms with van der Waals surface area (Å²) >= 11 is 0. The number of allylic oxidation sites excluding steroid dienone is 9. The van der Waals surface area contributed by atoms with Gasteiger partial charge < -0.3 is 20.9 Å². The van der Waals surface area contributed by atoms with Gasteiger partial charge in [-0.25, -0.2) is 4.79 Å². The molecule has 0 radical (unpaired) electrons. The summed E-state index contributed by atoms with van der Waals surface area (Å²) in [5.74, 6) is -1.31. The number of ether oxygens (including phenoxy) is 1. The molecular weight excluding hydrogens is 661 g/mol. The molecule has 1 amide bonds. The number of hydrogen-bond donors (Lipinski definition) is 3. The minimum Gasteiger partial charge on any atom is -0.480 e. The lowest BCUT2D eigenvalue weighted by Gasteiger charge is -2.15. The molecule has 0 aliphatic heterocycles. The Morgan fingerprint density at radius 3 is 1.68 bits per heavy atom. The summed E-state index contributed by atoms with van der Waals surface area (Å²) < 4.78 is 5.92. The molecule has 0 heterocycles. The maximum atomic E-state index is 12.7. The Balaban J connectivity index is 4.26. The van der Waals surface area contributed by atoms with Crippen LogP contribution in [0.5, 0.6) is 0 Å². The largest absolute Gasteiger partial charge is 0.480 e. The first-order valence-corrected chi connectivity index (χ1v) is 21.6. The Bertz CT molecular complexity index is 1020. The van der Waals surface area contributed by atoms with E-state index in [-0.39, 0.29) is 18.0 Å². The molecule has 7 nitrogen and oxygen atoms in total. The molecule has 0 aliphatic rings. The number of amides is 1. The van der Waals surface area contributed by atoms with Gasteiger partial charge in [0.05, 0.1) is 0 Å². The van der Waals surface area contributed by atoms with Crippen LogP contribution in [0.1, 0.15) is 194 Å². The van der Waals surface area contributed by atoms with E-state index in [1.165, 1.54) is 70.6 Å². The van der Waals surface area contributed by atoms with Gasteiger partial charge in [-0.05, 0) is 103 Å². The van der Waals surface area contributed by atoms with Gasteiger partial charge in [-0.2, -0.15) is 0 Å². The maximum Gasteiger partial charge on any atom is 0.326 e. The smallest absolute Gasteiger partial charge is 0.326 e. The quantitative estimate of drug-likeness (QED) is 0.0329. The number of hydrogen-bond acceptors (Lipinski definition) is 5. The standard InChI is InChI=1S/C46H80N2O5/c1-3-5-7-9-11-13-14-15-16-17-18-19-20-21-22-24-30-34-40-45(50)53-42(36-31-27-23-12-10-8-6-4-2)37-32-28-25-26-29-33-39-44(49)48-43(46(51)52)38-35-41-47/h6,8,12-14,16-17,23,31,36,42-43H,3-5,7,9-11,15,18-22,24-30,32-35,37-41,47H2,1-2H3,(H,48,49)(H,51,52)/b8-6-,14-13-,17-16-,23-12-,36-31-. The van der Waals surface area contributed by atoms with Crippen molar-refractivity contribution in [1.29, 1.82) is 0 Å². The molecule has 7 heteroatoms. The van der Waals surface area contributed by atoms with Gasteiger partial charge in [-0.1, -0.05) is 146 Å². The van der Waals surface area contributed by atoms with E-state index in [1.807, 2.05) is 0 Å². The van der Waals surface area contributed by atoms with Crippen molar-refractivity contribution in [3.63, 3.8) is 0 Å². The summed E-state index contributed by atoms with van der Waals surface area (Å²) in [6, 6.07) is -0.860. The highest BCUT2D eigenvalue weighted by Gasteiger charge is 2.18. The van der Waals surface area contributed by atoms with Crippen molar-refractivity contribution in [2.45, 2.75) is 206 Å². The SMILES string of the molecule is CC/C=C\C/C=C\C/C=C\C(CCCCCCCCC(=O)NC(CCCN)C(=O)O)OC(=O)CCCCCCCCC/C=C\C/C=C\CCCCCC. The van der Waals surface area contributed by atoms with Gasteiger partial charge in [-0.15, -0.1) is 0 Å². The van der Waals surface area contributed by atoms with E-state index < -0.39 is 12.0 Å². The zero-order chi connectivity index (χ0) is 38.9. The summed E-state index contributed by atoms with van der Waals surface area (Å²) in [5.41, 5.74) is 5.47. The first kappa shape index (κ1) is 50.1. The molecule has 0 aromatic rings. The lowest BCUT2D eigenvalue weighted by molar-refractivity contribution is -0.147. The van der Waals surface area contributed by atoms with Crippen LogP contribution in [0.25, 0.3) is 0 Å². The van der Waals surface area contributed by atoms with Gasteiger partial charge in [0.2, 0.25) is 5.91 Å². The van der Waals surface area contributed by atoms with Crippen LogP contribution in [0.15, 0.2) is 60.8 Å². The van der Waals surface area contributed by atoms with Crippen molar-refractivity contribution in [2.75, 3.05) is 6.54 Å². The molecule has 0 saturated carbocycles. The number of esters is 1. The molecule has 53 heavy (non-hydrogen) atoms. The van der Waals surface area contributed by atoms with Crippen LogP contribution in [0.2, 0.25) is 0 Å². The second-order valence-electron chi connectivity index (χ2n) is 14.4. The highest BCUT2D eigenvalue weighted by atomic mass is 16.5. The molecule has 4 N–H and O–H groups in total. The van der Waals surface area contributed by atoms with Crippen molar-refractivity contribution in [1.82, 2.24) is 5.32 Å². The lowest BCUT2D eigenvalue weighted by atomic mass is 10.0. The summed E-state index contributed by atoms with van der Waals surface area (Å²) in [6.07, 6.45) is 50.1. The van der Waals surface area contributed by atoms with E-state index in [1.54, 1.807) is 0 Å². The van der Waals surface area contributed by atoms with Crippen LogP contribution >= 0.6 is 0 Å². The average molecular weight is 741 g/mol. The van der Waals surface area contributed by atoms with Gasteiger partial charge in [0, 0.05) is 12.8 Å². The predicted octanol–water partition coefficient (Wildman–Crippen LogP) is 12.2. The Hall–Kier alpha value is -2.93. The number of carbonyl (C=O) groups excluding carboxylic acids is 2. The van der Waals surface area contributed by atoms with E-state index in [2.05, 4.69) is 79.9 Å². The number of nitrogens with one attached hydrogen (secondary N) is 1. The molecule has 304 valence electrons. The van der Waals surface area contributed by atoms with Crippen molar-refractivity contribution < 1.29 is 24.2 Å². The molecule has 0 rings (SSSR count). The molecular formula is C46H80N2O5. The fourth-order valence-corrected chi connectivity index (χ4v) is 6.06. The van der Waals surface area contributed by atoms with Gasteiger partial charge in [-0.3, -0.25) is 9.59 Å². The Morgan fingerprint density at radius 1 is 0.585 bits per heavy atom. The minimum absolute atomic E-state index is 0.0931. The number of carboxylic acids is 1. The number of unbranched alkanes of at least 4 members (excludes halogenated alkanes) is 16. The fraction of sp³-hybridized carbons (Fsp3) is 0.717. The first-order valence-electron chi connectivity index (χ1n) is 21.6. The van der Waals surface area contributed by atoms with Gasteiger partial charge in [0.15, 0.2) is 0 Å². The number of carbonyl (C=O) groups is 3. The van der Waals surface area contributed by atoms with Crippen LogP contribution in [0, 0.1) is 0 Å². The minimum atomic E-state index is -1.01. The summed E-state index contributed by atoms with van der Waals surface area (Å²) in [4.78, 5) is 36.2. The van der Waals surface area contributed by atoms with Crippen molar-refractivity contribution in [3.05, 3.63) is 60.8 Å². The molecule has 0 bridgehead atoms. The van der Waals surface area contributed by atoms with E-state index in [0.29, 0.717) is 32.2 Å². The highest BCUT2D eigenvalue weighted by Crippen LogP contribution is 2.15. The van der Waals surface area contributed by atoms with Gasteiger partial charge >= 0.3 is 11.9 Å². The van der Waals surface area contributed by atoms with Crippen molar-refractivity contribution in [2.24, 2.45) is 5.73 Å². The maximum absolute atomic E-state index is 12.7. The third-order valence-corrected chi connectivity index (χ3v) is 9.30. The third kappa shape index (κ3) is 37.2. The second kappa shape index (κ2) is 40.3. The highest BCUT2D eigenvalue weighted by molar-refractivity contribution is 5.83. The van der Waals surface area contributed by atoms with Gasteiger partial charge in [0.1, 0.15) is 12.1 Å². The Kier molecular flexibility index (Phi) is 38.0. The van der Waals surface area contributed by atoms with Crippen LogP contribution in [0.4, 0.5) is 0 Å². The predicted molar refractivity (Wildman–Crippen MR) is 225 cm³/mol. The number of rotatable bonds is 38. The Labute approximate surface area is 325 Å². The van der Waals surface area contributed by atoms with Crippen molar-refractivity contribution >= 4 is 17.8 Å². The second-order valence-corrected chi connectivity index (χ2v) is 14.4. The van der Waals surface area contributed by atoms with E-state index in [9.17, 15) is 19.5 Å².